The molecule has 0 saturated carbocycles. The molecule has 0 bridgehead atoms. The molecule has 2 aliphatic rings. The van der Waals surface area contributed by atoms with E-state index in [-0.39, 0.29) is 0 Å². The topological polar surface area (TPSA) is 49.3 Å². The van der Waals surface area contributed by atoms with Gasteiger partial charge in [-0.2, -0.15) is 0 Å². The first-order chi connectivity index (χ1) is 9.33. The van der Waals surface area contributed by atoms with Gasteiger partial charge in [0.05, 0.1) is 0 Å². The van der Waals surface area contributed by atoms with Crippen LogP contribution in [-0.2, 0) is 4.79 Å². The number of rotatable bonds is 3. The molecule has 0 unspecified atom stereocenters. The van der Waals surface area contributed by atoms with Crippen molar-refractivity contribution in [1.29, 1.82) is 0 Å². The zero-order valence-electron chi connectivity index (χ0n) is 11.2. The summed E-state index contributed by atoms with van der Waals surface area (Å²) in [5.74, 6) is 1.81. The SMILES string of the molecule is O=C1CCCN1CC1CCN(c2ncccn2)CC1. The van der Waals surface area contributed by atoms with E-state index in [0.29, 0.717) is 11.8 Å². The number of piperidine rings is 1. The van der Waals surface area contributed by atoms with Gasteiger partial charge in [-0.3, -0.25) is 4.79 Å². The number of nitrogens with zero attached hydrogens (tertiary/aromatic N) is 4. The van der Waals surface area contributed by atoms with E-state index in [1.54, 1.807) is 12.4 Å². The van der Waals surface area contributed by atoms with Crippen LogP contribution >= 0.6 is 0 Å². The molecule has 0 aromatic carbocycles. The molecule has 102 valence electrons. The molecule has 2 fully saturated rings. The van der Waals surface area contributed by atoms with Gasteiger partial charge in [-0.05, 0) is 31.2 Å². The highest BCUT2D eigenvalue weighted by molar-refractivity contribution is 5.78. The van der Waals surface area contributed by atoms with Crippen LogP contribution in [-0.4, -0.2) is 47.0 Å². The first-order valence-corrected chi connectivity index (χ1v) is 7.12. The van der Waals surface area contributed by atoms with Crippen LogP contribution < -0.4 is 4.90 Å². The predicted octanol–water partition coefficient (Wildman–Crippen LogP) is 1.32. The average Bonchev–Trinajstić information content (AvgIpc) is 2.86. The normalized spacial score (nSPS) is 21.2. The fourth-order valence-corrected chi connectivity index (χ4v) is 2.98. The Labute approximate surface area is 113 Å². The second-order valence-corrected chi connectivity index (χ2v) is 5.42. The van der Waals surface area contributed by atoms with Gasteiger partial charge in [0, 0.05) is 45.0 Å². The Balaban J connectivity index is 1.51. The third-order valence-corrected chi connectivity index (χ3v) is 4.10. The number of hydrogen-bond donors (Lipinski definition) is 0. The monoisotopic (exact) mass is 260 g/mol. The number of carbonyl (C=O) groups excluding carboxylic acids is 1. The summed E-state index contributed by atoms with van der Waals surface area (Å²) in [5, 5.41) is 0. The number of hydrogen-bond acceptors (Lipinski definition) is 4. The molecule has 1 aromatic rings. The summed E-state index contributed by atoms with van der Waals surface area (Å²) in [4.78, 5) is 24.5. The zero-order chi connectivity index (χ0) is 13.1. The van der Waals surface area contributed by atoms with Crippen LogP contribution in [0.3, 0.4) is 0 Å². The van der Waals surface area contributed by atoms with Crippen LogP contribution in [0.2, 0.25) is 0 Å². The standard InChI is InChI=1S/C14H20N4O/c19-13-3-1-8-18(13)11-12-4-9-17(10-5-12)14-15-6-2-7-16-14/h2,6-7,12H,1,3-5,8-11H2. The van der Waals surface area contributed by atoms with Crippen molar-refractivity contribution < 1.29 is 4.79 Å². The fourth-order valence-electron chi connectivity index (χ4n) is 2.98. The highest BCUT2D eigenvalue weighted by Crippen LogP contribution is 2.22. The van der Waals surface area contributed by atoms with Crippen LogP contribution in [0.5, 0.6) is 0 Å². The summed E-state index contributed by atoms with van der Waals surface area (Å²) in [6.45, 7) is 3.90. The van der Waals surface area contributed by atoms with Gasteiger partial charge < -0.3 is 9.80 Å². The first-order valence-electron chi connectivity index (χ1n) is 7.12. The van der Waals surface area contributed by atoms with Crippen molar-refractivity contribution in [2.75, 3.05) is 31.1 Å². The van der Waals surface area contributed by atoms with Gasteiger partial charge in [0.2, 0.25) is 11.9 Å². The van der Waals surface area contributed by atoms with Gasteiger partial charge in [-0.25, -0.2) is 9.97 Å². The lowest BCUT2D eigenvalue weighted by Crippen LogP contribution is -2.39. The maximum Gasteiger partial charge on any atom is 0.225 e. The van der Waals surface area contributed by atoms with Crippen LogP contribution in [0, 0.1) is 5.92 Å². The molecule has 0 spiro atoms. The summed E-state index contributed by atoms with van der Waals surface area (Å²) in [6, 6.07) is 1.84. The largest absolute Gasteiger partial charge is 0.342 e. The molecule has 0 atom stereocenters. The van der Waals surface area contributed by atoms with Crippen LogP contribution in [0.15, 0.2) is 18.5 Å². The molecular weight excluding hydrogens is 240 g/mol. The number of anilines is 1. The minimum atomic E-state index is 0.342. The second-order valence-electron chi connectivity index (χ2n) is 5.42. The van der Waals surface area contributed by atoms with E-state index in [1.165, 1.54) is 0 Å². The maximum absolute atomic E-state index is 11.6. The van der Waals surface area contributed by atoms with Crippen LogP contribution in [0.1, 0.15) is 25.7 Å². The number of carbonyl (C=O) groups is 1. The van der Waals surface area contributed by atoms with Crippen molar-refractivity contribution in [3.8, 4) is 0 Å². The van der Waals surface area contributed by atoms with Gasteiger partial charge >= 0.3 is 0 Å². The van der Waals surface area contributed by atoms with Crippen LogP contribution in [0.25, 0.3) is 0 Å². The Kier molecular flexibility index (Phi) is 3.62. The smallest absolute Gasteiger partial charge is 0.225 e. The number of likely N-dealkylation sites (tertiary alicyclic amines) is 1. The van der Waals surface area contributed by atoms with E-state index in [0.717, 1.165) is 57.8 Å². The summed E-state index contributed by atoms with van der Waals surface area (Å²) in [6.07, 6.45) is 7.62. The van der Waals surface area contributed by atoms with Crippen LogP contribution in [0.4, 0.5) is 5.95 Å². The van der Waals surface area contributed by atoms with E-state index in [4.69, 9.17) is 0 Å². The summed E-state index contributed by atoms with van der Waals surface area (Å²) in [7, 11) is 0. The Hall–Kier alpha value is -1.65. The second kappa shape index (κ2) is 5.55. The molecule has 0 aliphatic carbocycles. The Bertz CT molecular complexity index is 428. The van der Waals surface area contributed by atoms with E-state index >= 15 is 0 Å². The molecule has 3 heterocycles. The minimum Gasteiger partial charge on any atom is -0.342 e. The lowest BCUT2D eigenvalue weighted by Gasteiger charge is -2.33. The predicted molar refractivity (Wildman–Crippen MR) is 72.8 cm³/mol. The quantitative estimate of drug-likeness (QED) is 0.822. The van der Waals surface area contributed by atoms with E-state index < -0.39 is 0 Å². The van der Waals surface area contributed by atoms with Gasteiger partial charge in [-0.15, -0.1) is 0 Å². The van der Waals surface area contributed by atoms with Gasteiger partial charge in [-0.1, -0.05) is 0 Å². The highest BCUT2D eigenvalue weighted by Gasteiger charge is 2.26. The molecule has 5 heteroatoms. The van der Waals surface area contributed by atoms with Crippen molar-refractivity contribution >= 4 is 11.9 Å². The van der Waals surface area contributed by atoms with Crippen molar-refractivity contribution in [2.24, 2.45) is 5.92 Å². The van der Waals surface area contributed by atoms with Crippen molar-refractivity contribution in [2.45, 2.75) is 25.7 Å². The number of amides is 1. The summed E-state index contributed by atoms with van der Waals surface area (Å²) in [5.41, 5.74) is 0. The fraction of sp³-hybridized carbons (Fsp3) is 0.643. The maximum atomic E-state index is 11.6. The Morgan fingerprint density at radius 1 is 1.16 bits per heavy atom. The average molecular weight is 260 g/mol. The third kappa shape index (κ3) is 2.85. The summed E-state index contributed by atoms with van der Waals surface area (Å²) >= 11 is 0. The summed E-state index contributed by atoms with van der Waals surface area (Å²) < 4.78 is 0. The third-order valence-electron chi connectivity index (χ3n) is 4.10. The van der Waals surface area contributed by atoms with E-state index in [1.807, 2.05) is 11.0 Å². The molecule has 1 aromatic heterocycles. The lowest BCUT2D eigenvalue weighted by atomic mass is 9.96. The van der Waals surface area contributed by atoms with Gasteiger partial charge in [0.1, 0.15) is 0 Å². The van der Waals surface area contributed by atoms with E-state index in [2.05, 4.69) is 14.9 Å². The molecular formula is C14H20N4O. The van der Waals surface area contributed by atoms with Crippen molar-refractivity contribution in [1.82, 2.24) is 14.9 Å². The van der Waals surface area contributed by atoms with Gasteiger partial charge in [0.25, 0.3) is 0 Å². The number of aromatic nitrogens is 2. The van der Waals surface area contributed by atoms with Crippen molar-refractivity contribution in [3.05, 3.63) is 18.5 Å². The molecule has 0 radical (unpaired) electrons. The van der Waals surface area contributed by atoms with Gasteiger partial charge in [0.15, 0.2) is 0 Å². The molecule has 2 aliphatic heterocycles. The molecule has 1 amide bonds. The molecule has 0 N–H and O–H groups in total. The molecule has 5 nitrogen and oxygen atoms in total. The minimum absolute atomic E-state index is 0.342. The highest BCUT2D eigenvalue weighted by atomic mass is 16.2. The van der Waals surface area contributed by atoms with E-state index in [9.17, 15) is 4.79 Å². The molecule has 3 rings (SSSR count). The molecule has 2 saturated heterocycles. The van der Waals surface area contributed by atoms with Crippen molar-refractivity contribution in [3.63, 3.8) is 0 Å². The Morgan fingerprint density at radius 3 is 2.53 bits per heavy atom. The zero-order valence-corrected chi connectivity index (χ0v) is 11.2. The Morgan fingerprint density at radius 2 is 1.89 bits per heavy atom. The molecule has 19 heavy (non-hydrogen) atoms. The first kappa shape index (κ1) is 12.4. The lowest BCUT2D eigenvalue weighted by molar-refractivity contribution is -0.128.